The average Bonchev–Trinajstić information content (AvgIpc) is 2.77. The average molecular weight is 438 g/mol. The number of aromatic nitrogens is 3. The van der Waals surface area contributed by atoms with Crippen molar-refractivity contribution in [3.05, 3.63) is 65.1 Å². The van der Waals surface area contributed by atoms with Crippen LogP contribution in [0.1, 0.15) is 15.9 Å². The monoisotopic (exact) mass is 437 g/mol. The smallest absolute Gasteiger partial charge is 0.258 e. The fourth-order valence-electron chi connectivity index (χ4n) is 3.34. The van der Waals surface area contributed by atoms with Gasteiger partial charge in [0.1, 0.15) is 5.02 Å². The van der Waals surface area contributed by atoms with E-state index < -0.39 is 0 Å². The van der Waals surface area contributed by atoms with Gasteiger partial charge in [-0.1, -0.05) is 11.6 Å². The lowest BCUT2D eigenvalue weighted by atomic mass is 10.1. The van der Waals surface area contributed by atoms with Gasteiger partial charge >= 0.3 is 0 Å². The Balaban J connectivity index is 1.45. The van der Waals surface area contributed by atoms with Crippen LogP contribution in [0.5, 0.6) is 0 Å². The number of nitrogens with zero attached hydrogens (tertiary/aromatic N) is 5. The minimum absolute atomic E-state index is 0.237. The Kier molecular flexibility index (Phi) is 6.29. The molecule has 1 aromatic carbocycles. The SMILES string of the molecule is Cc1ccncc1C(=O)Nc1nc(Nc2ccc(N3CCN(C)CC3)cc2)ncc1Cl. The van der Waals surface area contributed by atoms with Gasteiger partial charge in [-0.15, -0.1) is 0 Å². The molecule has 2 N–H and O–H groups in total. The molecule has 1 fully saturated rings. The van der Waals surface area contributed by atoms with E-state index >= 15 is 0 Å². The molecule has 4 rings (SSSR count). The molecule has 3 aromatic rings. The number of carbonyl (C=O) groups is 1. The lowest BCUT2D eigenvalue weighted by molar-refractivity contribution is 0.102. The summed E-state index contributed by atoms with van der Waals surface area (Å²) in [5, 5.41) is 6.15. The van der Waals surface area contributed by atoms with Crippen LogP contribution in [0.15, 0.2) is 48.9 Å². The number of anilines is 4. The van der Waals surface area contributed by atoms with Gasteiger partial charge in [-0.2, -0.15) is 4.98 Å². The fourth-order valence-corrected chi connectivity index (χ4v) is 3.48. The topological polar surface area (TPSA) is 86.3 Å². The molecule has 0 bridgehead atoms. The molecule has 31 heavy (non-hydrogen) atoms. The number of piperazine rings is 1. The highest BCUT2D eigenvalue weighted by atomic mass is 35.5. The maximum atomic E-state index is 12.6. The van der Waals surface area contributed by atoms with Crippen molar-refractivity contribution < 1.29 is 4.79 Å². The second-order valence-corrected chi connectivity index (χ2v) is 7.90. The van der Waals surface area contributed by atoms with Gasteiger partial charge in [-0.05, 0) is 49.9 Å². The van der Waals surface area contributed by atoms with Crippen LogP contribution in [0.2, 0.25) is 5.02 Å². The van der Waals surface area contributed by atoms with Gasteiger partial charge in [0.05, 0.1) is 11.8 Å². The van der Waals surface area contributed by atoms with E-state index in [0.29, 0.717) is 11.5 Å². The normalized spacial score (nSPS) is 14.4. The highest BCUT2D eigenvalue weighted by molar-refractivity contribution is 6.33. The van der Waals surface area contributed by atoms with E-state index in [2.05, 4.69) is 54.6 Å². The number of carbonyl (C=O) groups excluding carboxylic acids is 1. The van der Waals surface area contributed by atoms with E-state index in [1.54, 1.807) is 12.3 Å². The molecule has 0 spiro atoms. The zero-order valence-corrected chi connectivity index (χ0v) is 18.2. The van der Waals surface area contributed by atoms with Crippen molar-refractivity contribution >= 4 is 40.6 Å². The number of halogens is 1. The molecule has 0 saturated carbocycles. The second kappa shape index (κ2) is 9.28. The number of benzene rings is 1. The van der Waals surface area contributed by atoms with Gasteiger partial charge in [0.15, 0.2) is 5.82 Å². The Morgan fingerprint density at radius 2 is 1.81 bits per heavy atom. The molecule has 1 saturated heterocycles. The Hall–Kier alpha value is -3.23. The minimum Gasteiger partial charge on any atom is -0.369 e. The first kappa shape index (κ1) is 21.0. The number of nitrogens with one attached hydrogen (secondary N) is 2. The second-order valence-electron chi connectivity index (χ2n) is 7.50. The maximum Gasteiger partial charge on any atom is 0.258 e. The molecule has 0 radical (unpaired) electrons. The maximum absolute atomic E-state index is 12.6. The molecule has 9 heteroatoms. The van der Waals surface area contributed by atoms with Crippen LogP contribution in [0, 0.1) is 6.92 Å². The summed E-state index contributed by atoms with van der Waals surface area (Å²) in [5.74, 6) is 0.255. The van der Waals surface area contributed by atoms with E-state index in [1.165, 1.54) is 18.1 Å². The van der Waals surface area contributed by atoms with Gasteiger partial charge in [0.2, 0.25) is 5.95 Å². The highest BCUT2D eigenvalue weighted by Crippen LogP contribution is 2.24. The van der Waals surface area contributed by atoms with E-state index in [1.807, 2.05) is 19.1 Å². The number of rotatable bonds is 5. The number of aryl methyl sites for hydroxylation is 1. The van der Waals surface area contributed by atoms with Crippen LogP contribution < -0.4 is 15.5 Å². The van der Waals surface area contributed by atoms with Crippen LogP contribution in [0.25, 0.3) is 0 Å². The van der Waals surface area contributed by atoms with Gasteiger partial charge in [0, 0.05) is 49.9 Å². The molecule has 3 heterocycles. The molecule has 0 unspecified atom stereocenters. The lowest BCUT2D eigenvalue weighted by Gasteiger charge is -2.34. The third kappa shape index (κ3) is 5.10. The van der Waals surface area contributed by atoms with Crippen LogP contribution in [-0.4, -0.2) is 59.0 Å². The zero-order valence-electron chi connectivity index (χ0n) is 17.5. The summed E-state index contributed by atoms with van der Waals surface area (Å²) in [6.45, 7) is 6.00. The Morgan fingerprint density at radius 3 is 2.52 bits per heavy atom. The van der Waals surface area contributed by atoms with Gasteiger partial charge in [0.25, 0.3) is 5.91 Å². The van der Waals surface area contributed by atoms with Crippen molar-refractivity contribution in [3.8, 4) is 0 Å². The molecule has 0 aliphatic carbocycles. The first-order chi connectivity index (χ1) is 15.0. The quantitative estimate of drug-likeness (QED) is 0.630. The minimum atomic E-state index is -0.325. The van der Waals surface area contributed by atoms with Crippen molar-refractivity contribution in [2.75, 3.05) is 48.8 Å². The molecule has 160 valence electrons. The lowest BCUT2D eigenvalue weighted by Crippen LogP contribution is -2.44. The summed E-state index contributed by atoms with van der Waals surface area (Å²) in [4.78, 5) is 29.9. The summed E-state index contributed by atoms with van der Waals surface area (Å²) in [5.41, 5.74) is 3.32. The Morgan fingerprint density at radius 1 is 1.06 bits per heavy atom. The van der Waals surface area contributed by atoms with Crippen molar-refractivity contribution in [2.45, 2.75) is 6.92 Å². The van der Waals surface area contributed by atoms with E-state index in [0.717, 1.165) is 37.4 Å². The Bertz CT molecular complexity index is 1070. The summed E-state index contributed by atoms with van der Waals surface area (Å²) < 4.78 is 0. The first-order valence-electron chi connectivity index (χ1n) is 10.0. The predicted octanol–water partition coefficient (Wildman–Crippen LogP) is 3.58. The largest absolute Gasteiger partial charge is 0.369 e. The van der Waals surface area contributed by atoms with Gasteiger partial charge in [-0.3, -0.25) is 9.78 Å². The highest BCUT2D eigenvalue weighted by Gasteiger charge is 2.15. The first-order valence-corrected chi connectivity index (χ1v) is 10.4. The van der Waals surface area contributed by atoms with E-state index in [4.69, 9.17) is 11.6 Å². The molecule has 1 aliphatic rings. The fraction of sp³-hybridized carbons (Fsp3) is 0.273. The van der Waals surface area contributed by atoms with Crippen molar-refractivity contribution in [1.29, 1.82) is 0 Å². The number of hydrogen-bond donors (Lipinski definition) is 2. The zero-order chi connectivity index (χ0) is 21.8. The molecule has 1 aliphatic heterocycles. The van der Waals surface area contributed by atoms with Crippen molar-refractivity contribution in [3.63, 3.8) is 0 Å². The van der Waals surface area contributed by atoms with E-state index in [9.17, 15) is 4.79 Å². The molecule has 0 atom stereocenters. The number of amides is 1. The molecular weight excluding hydrogens is 414 g/mol. The summed E-state index contributed by atoms with van der Waals surface area (Å²) in [7, 11) is 2.14. The summed E-state index contributed by atoms with van der Waals surface area (Å²) >= 11 is 6.20. The van der Waals surface area contributed by atoms with Gasteiger partial charge < -0.3 is 20.4 Å². The number of likely N-dealkylation sites (N-methyl/N-ethyl adjacent to an activating group) is 1. The number of hydrogen-bond acceptors (Lipinski definition) is 7. The van der Waals surface area contributed by atoms with Crippen molar-refractivity contribution in [2.24, 2.45) is 0 Å². The van der Waals surface area contributed by atoms with Crippen LogP contribution in [0.3, 0.4) is 0 Å². The molecule has 1 amide bonds. The third-order valence-corrected chi connectivity index (χ3v) is 5.53. The van der Waals surface area contributed by atoms with Crippen LogP contribution in [-0.2, 0) is 0 Å². The van der Waals surface area contributed by atoms with Crippen LogP contribution in [0.4, 0.5) is 23.1 Å². The number of pyridine rings is 1. The molecule has 2 aromatic heterocycles. The van der Waals surface area contributed by atoms with E-state index in [-0.39, 0.29) is 16.7 Å². The van der Waals surface area contributed by atoms with Gasteiger partial charge in [-0.25, -0.2) is 4.98 Å². The summed E-state index contributed by atoms with van der Waals surface area (Å²) in [6.07, 6.45) is 4.61. The molecular formula is C22H24ClN7O. The third-order valence-electron chi connectivity index (χ3n) is 5.25. The van der Waals surface area contributed by atoms with Crippen molar-refractivity contribution in [1.82, 2.24) is 19.9 Å². The molecule has 8 nitrogen and oxygen atoms in total. The predicted molar refractivity (Wildman–Crippen MR) is 123 cm³/mol. The standard InChI is InChI=1S/C22H24ClN7O/c1-15-7-8-24-13-18(15)21(31)27-20-19(23)14-25-22(28-20)26-16-3-5-17(6-4-16)30-11-9-29(2)10-12-30/h3-8,13-14H,9-12H2,1-2H3,(H2,25,26,27,28,31). The summed E-state index contributed by atoms with van der Waals surface area (Å²) in [6, 6.07) is 9.91. The Labute approximate surface area is 186 Å². The van der Waals surface area contributed by atoms with Crippen LogP contribution >= 0.6 is 11.6 Å².